The van der Waals surface area contributed by atoms with Gasteiger partial charge in [0.25, 0.3) is 0 Å². The van der Waals surface area contributed by atoms with Crippen LogP contribution in [0.2, 0.25) is 0 Å². The number of para-hydroxylation sites is 2. The highest BCUT2D eigenvalue weighted by Crippen LogP contribution is 2.40. The molecule has 62 heavy (non-hydrogen) atoms. The maximum absolute atomic E-state index is 4.70. The second kappa shape index (κ2) is 17.5. The molecule has 294 valence electrons. The summed E-state index contributed by atoms with van der Waals surface area (Å²) in [6, 6.07) is 76.8. The van der Waals surface area contributed by atoms with E-state index < -0.39 is 0 Å². The van der Waals surface area contributed by atoms with E-state index in [2.05, 4.69) is 240 Å². The number of aromatic nitrogens is 2. The largest absolute Gasteiger partial charge is 0.310 e. The van der Waals surface area contributed by atoms with Gasteiger partial charge in [0.2, 0.25) is 0 Å². The first-order chi connectivity index (χ1) is 30.7. The zero-order valence-electron chi connectivity index (χ0n) is 34.0. The van der Waals surface area contributed by atoms with E-state index >= 15 is 0 Å². The molecule has 4 heteroatoms. The molecule has 0 aliphatic carbocycles. The smallest absolute Gasteiger partial charge is 0.0892 e. The van der Waals surface area contributed by atoms with Crippen LogP contribution in [0, 0.1) is 0 Å². The molecule has 2 heterocycles. The number of anilines is 6. The van der Waals surface area contributed by atoms with Crippen molar-refractivity contribution in [3.63, 3.8) is 0 Å². The molecule has 0 saturated carbocycles. The van der Waals surface area contributed by atoms with Crippen molar-refractivity contribution in [2.45, 2.75) is 0 Å². The van der Waals surface area contributed by atoms with Crippen LogP contribution in [0.3, 0.4) is 0 Å². The van der Waals surface area contributed by atoms with Crippen molar-refractivity contribution >= 4 is 80.0 Å². The van der Waals surface area contributed by atoms with Gasteiger partial charge in [-0.1, -0.05) is 158 Å². The van der Waals surface area contributed by atoms with Crippen LogP contribution < -0.4 is 9.80 Å². The first-order valence-electron chi connectivity index (χ1n) is 20.9. The molecule has 0 atom stereocenters. The molecule has 10 rings (SSSR count). The molecule has 2 aromatic heterocycles. The molecular weight excluding hydrogens is 753 g/mol. The van der Waals surface area contributed by atoms with Crippen molar-refractivity contribution < 1.29 is 0 Å². The molecule has 0 N–H and O–H groups in total. The number of hydrogen-bond acceptors (Lipinski definition) is 4. The van der Waals surface area contributed by atoms with Gasteiger partial charge >= 0.3 is 0 Å². The van der Waals surface area contributed by atoms with Crippen LogP contribution in [0.25, 0.3) is 57.2 Å². The van der Waals surface area contributed by atoms with E-state index in [1.807, 2.05) is 24.5 Å². The van der Waals surface area contributed by atoms with Crippen molar-refractivity contribution in [3.8, 4) is 11.4 Å². The van der Waals surface area contributed by atoms with Gasteiger partial charge in [-0.2, -0.15) is 0 Å². The summed E-state index contributed by atoms with van der Waals surface area (Å²) >= 11 is 0. The molecule has 0 bridgehead atoms. The first kappa shape index (κ1) is 37.9. The molecule has 0 fully saturated rings. The molecule has 4 nitrogen and oxygen atoms in total. The van der Waals surface area contributed by atoms with Crippen molar-refractivity contribution in [2.75, 3.05) is 9.80 Å². The van der Waals surface area contributed by atoms with Gasteiger partial charge in [-0.05, 0) is 118 Å². The predicted molar refractivity (Wildman–Crippen MR) is 263 cm³/mol. The summed E-state index contributed by atoms with van der Waals surface area (Å²) in [5.41, 5.74) is 12.7. The number of rotatable bonds is 11. The van der Waals surface area contributed by atoms with Crippen molar-refractivity contribution in [2.24, 2.45) is 0 Å². The number of nitrogens with zero attached hydrogens (tertiary/aromatic N) is 4. The summed E-state index contributed by atoms with van der Waals surface area (Å²) in [5, 5.41) is 4.85. The van der Waals surface area contributed by atoms with E-state index in [1.54, 1.807) is 0 Å². The normalized spacial score (nSPS) is 11.4. The maximum atomic E-state index is 4.70. The Bertz CT molecular complexity index is 2950. The Balaban J connectivity index is 0.857. The van der Waals surface area contributed by atoms with Crippen LogP contribution in [0.15, 0.2) is 231 Å². The number of benzene rings is 8. The Hall–Kier alpha value is -8.34. The summed E-state index contributed by atoms with van der Waals surface area (Å²) in [6.07, 6.45) is 12.3. The molecule has 0 saturated heterocycles. The number of hydrogen-bond donors (Lipinski definition) is 0. The lowest BCUT2D eigenvalue weighted by molar-refractivity contribution is 1.24. The first-order valence-corrected chi connectivity index (χ1v) is 20.9. The third kappa shape index (κ3) is 8.14. The van der Waals surface area contributed by atoms with Gasteiger partial charge in [0.1, 0.15) is 0 Å². The molecule has 8 aromatic carbocycles. The molecule has 10 aromatic rings. The third-order valence-corrected chi connectivity index (χ3v) is 11.1. The molecule has 0 spiro atoms. The molecule has 0 unspecified atom stereocenters. The van der Waals surface area contributed by atoms with Crippen LogP contribution in [-0.4, -0.2) is 9.97 Å². The summed E-state index contributed by atoms with van der Waals surface area (Å²) < 4.78 is 0. The lowest BCUT2D eigenvalue weighted by Crippen LogP contribution is -2.10. The van der Waals surface area contributed by atoms with Gasteiger partial charge in [-0.3, -0.25) is 9.97 Å². The minimum Gasteiger partial charge on any atom is -0.310 e. The zero-order valence-corrected chi connectivity index (χ0v) is 34.0. The Kier molecular flexibility index (Phi) is 10.7. The minimum atomic E-state index is 0.824. The zero-order chi connectivity index (χ0) is 41.5. The van der Waals surface area contributed by atoms with Crippen molar-refractivity contribution in [1.82, 2.24) is 9.97 Å². The average molecular weight is 795 g/mol. The van der Waals surface area contributed by atoms with E-state index in [4.69, 9.17) is 9.97 Å². The Morgan fingerprint density at radius 2 is 0.645 bits per heavy atom. The van der Waals surface area contributed by atoms with Gasteiger partial charge in [-0.25, -0.2) is 0 Å². The van der Waals surface area contributed by atoms with Crippen molar-refractivity contribution in [3.05, 3.63) is 253 Å². The van der Waals surface area contributed by atoms with E-state index in [1.165, 1.54) is 21.5 Å². The summed E-state index contributed by atoms with van der Waals surface area (Å²) in [6.45, 7) is 0. The van der Waals surface area contributed by atoms with E-state index in [0.29, 0.717) is 0 Å². The van der Waals surface area contributed by atoms with Crippen molar-refractivity contribution in [1.29, 1.82) is 0 Å². The SMILES string of the molecule is C(=C\c1ccnc(-c2cc(/C=C/c3ccc(N(c4ccccc4)c4cccc5ccccc45)cc3)ccn2)c1)/c1ccc(N(c2ccccc2)c2cccc3ccccc23)cc1. The predicted octanol–water partition coefficient (Wildman–Crippen LogP) is 15.7. The van der Waals surface area contributed by atoms with Gasteiger partial charge in [-0.15, -0.1) is 0 Å². The topological polar surface area (TPSA) is 32.3 Å². The van der Waals surface area contributed by atoms with Crippen LogP contribution in [0.5, 0.6) is 0 Å². The van der Waals surface area contributed by atoms with Crippen LogP contribution in [0.1, 0.15) is 22.3 Å². The highest BCUT2D eigenvalue weighted by molar-refractivity contribution is 6.00. The third-order valence-electron chi connectivity index (χ3n) is 11.1. The van der Waals surface area contributed by atoms with Crippen LogP contribution in [-0.2, 0) is 0 Å². The lowest BCUT2D eigenvalue weighted by Gasteiger charge is -2.27. The second-order valence-electron chi connectivity index (χ2n) is 15.1. The van der Waals surface area contributed by atoms with E-state index in [-0.39, 0.29) is 0 Å². The highest BCUT2D eigenvalue weighted by atomic mass is 15.1. The average Bonchev–Trinajstić information content (AvgIpc) is 3.35. The fourth-order valence-electron chi connectivity index (χ4n) is 8.05. The lowest BCUT2D eigenvalue weighted by atomic mass is 10.1. The van der Waals surface area contributed by atoms with Crippen LogP contribution >= 0.6 is 0 Å². The van der Waals surface area contributed by atoms with E-state index in [0.717, 1.165) is 67.8 Å². The number of fused-ring (bicyclic) bond motifs is 2. The van der Waals surface area contributed by atoms with Gasteiger partial charge in [0.15, 0.2) is 0 Å². The second-order valence-corrected chi connectivity index (χ2v) is 15.1. The van der Waals surface area contributed by atoms with Crippen LogP contribution in [0.4, 0.5) is 34.1 Å². The Morgan fingerprint density at radius 3 is 1.08 bits per heavy atom. The molecule has 0 aliphatic rings. The summed E-state index contributed by atoms with van der Waals surface area (Å²) in [5.74, 6) is 0. The van der Waals surface area contributed by atoms with Gasteiger partial charge < -0.3 is 9.80 Å². The molecule has 0 amide bonds. The minimum absolute atomic E-state index is 0.824. The fraction of sp³-hybridized carbons (Fsp3) is 0. The molecular formula is C58H42N4. The Labute approximate surface area is 362 Å². The standard InChI is InChI=1S/C58H42N4/c1-3-17-49(18-4-1)61(57-23-11-15-47-13-7-9-21-53(47)57)51-33-29-43(30-34-51)25-27-45-37-39-59-55(41-45)56-42-46(38-40-60-56)28-26-44-31-35-52(36-32-44)62(50-19-5-2-6-20-50)58-24-12-16-48-14-8-10-22-54(48)58/h1-42H/b27-25+,28-26+. The quantitative estimate of drug-likeness (QED) is 0.131. The highest BCUT2D eigenvalue weighted by Gasteiger charge is 2.16. The molecule has 0 aliphatic heterocycles. The summed E-state index contributed by atoms with van der Waals surface area (Å²) in [7, 11) is 0. The Morgan fingerprint density at radius 1 is 0.290 bits per heavy atom. The monoisotopic (exact) mass is 794 g/mol. The van der Waals surface area contributed by atoms with Gasteiger partial charge in [0, 0.05) is 45.9 Å². The summed E-state index contributed by atoms with van der Waals surface area (Å²) in [4.78, 5) is 14.0. The number of pyridine rings is 2. The van der Waals surface area contributed by atoms with E-state index in [9.17, 15) is 0 Å². The fourth-order valence-corrected chi connectivity index (χ4v) is 8.05. The molecule has 0 radical (unpaired) electrons. The van der Waals surface area contributed by atoms with Gasteiger partial charge in [0.05, 0.1) is 22.8 Å². The maximum Gasteiger partial charge on any atom is 0.0892 e.